The molecule has 0 saturated heterocycles. The van der Waals surface area contributed by atoms with Gasteiger partial charge in [0.25, 0.3) is 0 Å². The molecule has 0 fully saturated rings. The van der Waals surface area contributed by atoms with Gasteiger partial charge in [0.2, 0.25) is 5.91 Å². The lowest BCUT2D eigenvalue weighted by Crippen LogP contribution is -2.12. The second kappa shape index (κ2) is 4.05. The lowest BCUT2D eigenvalue weighted by Gasteiger charge is -2.03. The number of hydrogen-bond acceptors (Lipinski definition) is 1. The Labute approximate surface area is 87.4 Å². The van der Waals surface area contributed by atoms with E-state index in [1.807, 2.05) is 6.07 Å². The first-order valence-corrected chi connectivity index (χ1v) is 5.21. The number of carbonyl (C=O) groups is 1. The minimum absolute atomic E-state index is 0.412. The summed E-state index contributed by atoms with van der Waals surface area (Å²) in [6.07, 6.45) is 0. The molecule has 0 radical (unpaired) electrons. The molecular weight excluding hydrogens is 286 g/mol. The van der Waals surface area contributed by atoms with Gasteiger partial charge in [-0.15, -0.1) is 0 Å². The molecule has 12 heavy (non-hydrogen) atoms. The van der Waals surface area contributed by atoms with E-state index in [-0.39, 0.29) is 0 Å². The molecule has 0 bridgehead atoms. The zero-order valence-electron chi connectivity index (χ0n) is 6.18. The average molecular weight is 293 g/mol. The van der Waals surface area contributed by atoms with E-state index in [0.29, 0.717) is 10.9 Å². The van der Waals surface area contributed by atoms with Gasteiger partial charge in [0.1, 0.15) is 0 Å². The van der Waals surface area contributed by atoms with E-state index >= 15 is 0 Å². The molecule has 2 nitrogen and oxygen atoms in total. The van der Waals surface area contributed by atoms with Crippen LogP contribution in [-0.2, 0) is 5.33 Å². The molecule has 0 aliphatic heterocycles. The SMILES string of the molecule is NC(=O)c1cccc(CBr)c1Br. The highest BCUT2D eigenvalue weighted by Crippen LogP contribution is 2.23. The van der Waals surface area contributed by atoms with Crippen molar-refractivity contribution < 1.29 is 4.79 Å². The summed E-state index contributed by atoms with van der Waals surface area (Å²) in [5.74, 6) is -0.412. The third-order valence-electron chi connectivity index (χ3n) is 1.49. The Kier molecular flexibility index (Phi) is 3.29. The normalized spacial score (nSPS) is 9.83. The summed E-state index contributed by atoms with van der Waals surface area (Å²) in [5, 5.41) is 0.703. The molecule has 2 N–H and O–H groups in total. The maximum absolute atomic E-state index is 10.9. The van der Waals surface area contributed by atoms with E-state index in [1.54, 1.807) is 12.1 Å². The van der Waals surface area contributed by atoms with Crippen LogP contribution in [0.2, 0.25) is 0 Å². The molecule has 1 amide bonds. The number of primary amides is 1. The maximum Gasteiger partial charge on any atom is 0.249 e. The van der Waals surface area contributed by atoms with Crippen molar-refractivity contribution in [1.82, 2.24) is 0 Å². The number of nitrogens with two attached hydrogens (primary N) is 1. The zero-order chi connectivity index (χ0) is 9.14. The first-order valence-electron chi connectivity index (χ1n) is 3.30. The molecule has 4 heteroatoms. The Morgan fingerprint density at radius 1 is 1.50 bits per heavy atom. The van der Waals surface area contributed by atoms with Crippen LogP contribution >= 0.6 is 31.9 Å². The molecule has 0 heterocycles. The predicted molar refractivity (Wildman–Crippen MR) is 55.3 cm³/mol. The number of hydrogen-bond donors (Lipinski definition) is 1. The predicted octanol–water partition coefficient (Wildman–Crippen LogP) is 2.44. The number of benzene rings is 1. The number of rotatable bonds is 2. The minimum atomic E-state index is -0.412. The second-order valence-corrected chi connectivity index (χ2v) is 3.63. The molecule has 0 unspecified atom stereocenters. The molecule has 0 aromatic heterocycles. The van der Waals surface area contributed by atoms with Crippen molar-refractivity contribution in [2.75, 3.05) is 0 Å². The van der Waals surface area contributed by atoms with Crippen LogP contribution in [0.25, 0.3) is 0 Å². The van der Waals surface area contributed by atoms with Gasteiger partial charge in [0.05, 0.1) is 5.56 Å². The molecule has 0 aliphatic carbocycles. The molecule has 0 aliphatic rings. The van der Waals surface area contributed by atoms with Crippen LogP contribution in [-0.4, -0.2) is 5.91 Å². The summed E-state index contributed by atoms with van der Waals surface area (Å²) in [5.41, 5.74) is 6.69. The fraction of sp³-hybridized carbons (Fsp3) is 0.125. The van der Waals surface area contributed by atoms with Gasteiger partial charge in [-0.1, -0.05) is 28.1 Å². The van der Waals surface area contributed by atoms with Crippen molar-refractivity contribution >= 4 is 37.8 Å². The van der Waals surface area contributed by atoms with Crippen LogP contribution in [0.3, 0.4) is 0 Å². The van der Waals surface area contributed by atoms with Gasteiger partial charge in [0.15, 0.2) is 0 Å². The Morgan fingerprint density at radius 2 is 2.17 bits per heavy atom. The standard InChI is InChI=1S/C8H7Br2NO/c9-4-5-2-1-3-6(7(5)10)8(11)12/h1-3H,4H2,(H2,11,12). The lowest BCUT2D eigenvalue weighted by atomic mass is 10.1. The Bertz CT molecular complexity index is 312. The van der Waals surface area contributed by atoms with Crippen molar-refractivity contribution in [3.63, 3.8) is 0 Å². The van der Waals surface area contributed by atoms with Crippen LogP contribution in [0.4, 0.5) is 0 Å². The van der Waals surface area contributed by atoms with E-state index in [9.17, 15) is 4.79 Å². The van der Waals surface area contributed by atoms with Crippen LogP contribution in [0.1, 0.15) is 15.9 Å². The third-order valence-corrected chi connectivity index (χ3v) is 3.03. The van der Waals surface area contributed by atoms with Crippen molar-refractivity contribution in [1.29, 1.82) is 0 Å². The van der Waals surface area contributed by atoms with Gasteiger partial charge >= 0.3 is 0 Å². The summed E-state index contributed by atoms with van der Waals surface area (Å²) in [7, 11) is 0. The highest BCUT2D eigenvalue weighted by atomic mass is 79.9. The molecule has 1 aromatic rings. The van der Waals surface area contributed by atoms with Crippen molar-refractivity contribution in [2.24, 2.45) is 5.73 Å². The van der Waals surface area contributed by atoms with Gasteiger partial charge in [0, 0.05) is 9.80 Å². The van der Waals surface area contributed by atoms with Gasteiger partial charge < -0.3 is 5.73 Å². The monoisotopic (exact) mass is 291 g/mol. The Hall–Kier alpha value is -0.350. The fourth-order valence-electron chi connectivity index (χ4n) is 0.873. The van der Waals surface area contributed by atoms with Crippen molar-refractivity contribution in [3.05, 3.63) is 33.8 Å². The first kappa shape index (κ1) is 9.74. The molecule has 1 rings (SSSR count). The van der Waals surface area contributed by atoms with E-state index in [0.717, 1.165) is 10.0 Å². The topological polar surface area (TPSA) is 43.1 Å². The van der Waals surface area contributed by atoms with Crippen LogP contribution in [0.5, 0.6) is 0 Å². The summed E-state index contributed by atoms with van der Waals surface area (Å²) < 4.78 is 0.773. The first-order chi connectivity index (χ1) is 5.66. The van der Waals surface area contributed by atoms with E-state index < -0.39 is 5.91 Å². The highest BCUT2D eigenvalue weighted by molar-refractivity contribution is 9.10. The van der Waals surface area contributed by atoms with E-state index in [4.69, 9.17) is 5.73 Å². The molecule has 1 aromatic carbocycles. The van der Waals surface area contributed by atoms with Gasteiger partial charge in [-0.25, -0.2) is 0 Å². The second-order valence-electron chi connectivity index (χ2n) is 2.28. The zero-order valence-corrected chi connectivity index (χ0v) is 9.35. The van der Waals surface area contributed by atoms with Crippen LogP contribution < -0.4 is 5.73 Å². The number of carbonyl (C=O) groups excluding carboxylic acids is 1. The van der Waals surface area contributed by atoms with E-state index in [2.05, 4.69) is 31.9 Å². The van der Waals surface area contributed by atoms with Gasteiger partial charge in [-0.2, -0.15) is 0 Å². The van der Waals surface area contributed by atoms with Crippen molar-refractivity contribution in [2.45, 2.75) is 5.33 Å². The summed E-state index contributed by atoms with van der Waals surface area (Å²) >= 11 is 6.62. The molecule has 0 spiro atoms. The highest BCUT2D eigenvalue weighted by Gasteiger charge is 2.08. The number of alkyl halides is 1. The van der Waals surface area contributed by atoms with Crippen LogP contribution in [0, 0.1) is 0 Å². The molecular formula is C8H7Br2NO. The van der Waals surface area contributed by atoms with E-state index in [1.165, 1.54) is 0 Å². The third kappa shape index (κ3) is 1.87. The summed E-state index contributed by atoms with van der Waals surface area (Å²) in [6, 6.07) is 5.42. The lowest BCUT2D eigenvalue weighted by molar-refractivity contribution is 0.0999. The number of amides is 1. The average Bonchev–Trinajstić information content (AvgIpc) is 2.04. The van der Waals surface area contributed by atoms with Crippen molar-refractivity contribution in [3.8, 4) is 0 Å². The largest absolute Gasteiger partial charge is 0.366 e. The smallest absolute Gasteiger partial charge is 0.249 e. The Balaban J connectivity index is 3.23. The minimum Gasteiger partial charge on any atom is -0.366 e. The molecule has 0 atom stereocenters. The van der Waals surface area contributed by atoms with Gasteiger partial charge in [-0.05, 0) is 27.6 Å². The van der Waals surface area contributed by atoms with Crippen LogP contribution in [0.15, 0.2) is 22.7 Å². The quantitative estimate of drug-likeness (QED) is 0.836. The maximum atomic E-state index is 10.9. The summed E-state index contributed by atoms with van der Waals surface area (Å²) in [4.78, 5) is 10.9. The molecule has 0 saturated carbocycles. The van der Waals surface area contributed by atoms with Gasteiger partial charge in [-0.3, -0.25) is 4.79 Å². The Morgan fingerprint density at radius 3 is 2.67 bits per heavy atom. The number of halogens is 2. The summed E-state index contributed by atoms with van der Waals surface area (Å²) in [6.45, 7) is 0. The molecule has 64 valence electrons. The fourth-order valence-corrected chi connectivity index (χ4v) is 2.32.